The van der Waals surface area contributed by atoms with Crippen LogP contribution in [0.5, 0.6) is 0 Å². The summed E-state index contributed by atoms with van der Waals surface area (Å²) in [6, 6.07) is 10.2. The monoisotopic (exact) mass is 348 g/mol. The van der Waals surface area contributed by atoms with Crippen LogP contribution in [0.4, 0.5) is 0 Å². The van der Waals surface area contributed by atoms with Crippen molar-refractivity contribution in [2.75, 3.05) is 13.2 Å². The predicted octanol–water partition coefficient (Wildman–Crippen LogP) is 4.94. The number of ether oxygens (including phenoxy) is 2. The van der Waals surface area contributed by atoms with Crippen LogP contribution in [-0.2, 0) is 20.5 Å². The molecule has 1 saturated heterocycles. The highest BCUT2D eigenvalue weighted by Gasteiger charge is 2.47. The number of hydrogen-bond acceptors (Lipinski definition) is 3. The smallest absolute Gasteiger partial charge is 0.191 e. The molecule has 1 fully saturated rings. The van der Waals surface area contributed by atoms with Crippen LogP contribution in [0.3, 0.4) is 0 Å². The second-order valence-electron chi connectivity index (χ2n) is 8.13. The highest BCUT2D eigenvalue weighted by molar-refractivity contribution is 6.74. The van der Waals surface area contributed by atoms with Crippen molar-refractivity contribution in [3.05, 3.63) is 48.6 Å². The van der Waals surface area contributed by atoms with E-state index >= 15 is 0 Å². The molecule has 1 heterocycles. The summed E-state index contributed by atoms with van der Waals surface area (Å²) < 4.78 is 18.2. The average Bonchev–Trinajstić information content (AvgIpc) is 2.51. The standard InChI is InChI=1S/C20H32O3Si/c1-7-20(22-15-17-11-9-8-10-12-17)16-21-18(20)13-14-23-24(5,6)19(2,3)4/h7-12,18H,1,13-16H2,2-6H3/t18-,20+/m1/s1. The van der Waals surface area contributed by atoms with Crippen molar-refractivity contribution >= 4 is 8.32 Å². The summed E-state index contributed by atoms with van der Waals surface area (Å²) in [6.07, 6.45) is 2.77. The van der Waals surface area contributed by atoms with Gasteiger partial charge >= 0.3 is 0 Å². The molecule has 134 valence electrons. The Balaban J connectivity index is 1.86. The van der Waals surface area contributed by atoms with Crippen LogP contribution in [0.25, 0.3) is 0 Å². The molecule has 1 aromatic rings. The van der Waals surface area contributed by atoms with Crippen molar-refractivity contribution in [1.29, 1.82) is 0 Å². The number of benzene rings is 1. The molecule has 0 N–H and O–H groups in total. The van der Waals surface area contributed by atoms with Gasteiger partial charge in [0.15, 0.2) is 8.32 Å². The molecular formula is C20H32O3Si. The molecule has 4 heteroatoms. The van der Waals surface area contributed by atoms with Crippen molar-refractivity contribution in [1.82, 2.24) is 0 Å². The van der Waals surface area contributed by atoms with Gasteiger partial charge in [0.2, 0.25) is 0 Å². The summed E-state index contributed by atoms with van der Waals surface area (Å²) in [5.74, 6) is 0. The van der Waals surface area contributed by atoms with Gasteiger partial charge in [-0.3, -0.25) is 0 Å². The van der Waals surface area contributed by atoms with Gasteiger partial charge in [0.05, 0.1) is 19.3 Å². The molecule has 0 spiro atoms. The third kappa shape index (κ3) is 4.36. The molecule has 0 amide bonds. The maximum Gasteiger partial charge on any atom is 0.191 e. The summed E-state index contributed by atoms with van der Waals surface area (Å²) in [6.45, 7) is 17.2. The zero-order valence-corrected chi connectivity index (χ0v) is 16.8. The molecule has 2 rings (SSSR count). The van der Waals surface area contributed by atoms with Crippen molar-refractivity contribution in [3.8, 4) is 0 Å². The summed E-state index contributed by atoms with van der Waals surface area (Å²) in [4.78, 5) is 0. The first-order chi connectivity index (χ1) is 11.2. The van der Waals surface area contributed by atoms with E-state index in [0.717, 1.165) is 6.42 Å². The topological polar surface area (TPSA) is 27.7 Å². The van der Waals surface area contributed by atoms with Crippen LogP contribution in [0, 0.1) is 0 Å². The van der Waals surface area contributed by atoms with Gasteiger partial charge in [-0.1, -0.05) is 57.2 Å². The molecule has 3 nitrogen and oxygen atoms in total. The van der Waals surface area contributed by atoms with E-state index in [4.69, 9.17) is 13.9 Å². The zero-order chi connectivity index (χ0) is 17.8. The second-order valence-corrected chi connectivity index (χ2v) is 12.9. The van der Waals surface area contributed by atoms with Gasteiger partial charge in [-0.2, -0.15) is 0 Å². The molecule has 2 atom stereocenters. The van der Waals surface area contributed by atoms with E-state index in [9.17, 15) is 0 Å². The Morgan fingerprint density at radius 3 is 2.46 bits per heavy atom. The van der Waals surface area contributed by atoms with Crippen molar-refractivity contribution in [3.63, 3.8) is 0 Å². The molecule has 0 radical (unpaired) electrons. The van der Waals surface area contributed by atoms with E-state index in [-0.39, 0.29) is 16.7 Å². The lowest BCUT2D eigenvalue weighted by Gasteiger charge is -2.47. The second kappa shape index (κ2) is 7.52. The summed E-state index contributed by atoms with van der Waals surface area (Å²) in [7, 11) is -1.71. The van der Waals surface area contributed by atoms with Crippen molar-refractivity contribution in [2.45, 2.75) is 63.6 Å². The average molecular weight is 349 g/mol. The Kier molecular flexibility index (Phi) is 6.08. The van der Waals surface area contributed by atoms with Gasteiger partial charge in [-0.25, -0.2) is 0 Å². The first kappa shape index (κ1) is 19.4. The van der Waals surface area contributed by atoms with E-state index < -0.39 is 8.32 Å². The van der Waals surface area contributed by atoms with Gasteiger partial charge in [0.1, 0.15) is 5.60 Å². The van der Waals surface area contributed by atoms with E-state index in [1.54, 1.807) is 0 Å². The molecule has 0 unspecified atom stereocenters. The Labute approximate surface area is 148 Å². The Bertz CT molecular complexity index is 536. The predicted molar refractivity (Wildman–Crippen MR) is 102 cm³/mol. The van der Waals surface area contributed by atoms with Gasteiger partial charge in [0, 0.05) is 6.61 Å². The van der Waals surface area contributed by atoms with Gasteiger partial charge in [0.25, 0.3) is 0 Å². The minimum atomic E-state index is -1.71. The lowest BCUT2D eigenvalue weighted by molar-refractivity contribution is -0.243. The Morgan fingerprint density at radius 1 is 1.29 bits per heavy atom. The molecule has 24 heavy (non-hydrogen) atoms. The Hall–Kier alpha value is -0.943. The van der Waals surface area contributed by atoms with Crippen LogP contribution < -0.4 is 0 Å². The SMILES string of the molecule is C=C[C@]1(OCc2ccccc2)CO[C@@H]1CCO[Si](C)(C)C(C)(C)C. The molecule has 0 bridgehead atoms. The number of hydrogen-bond donors (Lipinski definition) is 0. The summed E-state index contributed by atoms with van der Waals surface area (Å²) in [5, 5.41) is 0.229. The fourth-order valence-corrected chi connectivity index (χ4v) is 3.57. The summed E-state index contributed by atoms with van der Waals surface area (Å²) in [5.41, 5.74) is 0.786. The fraction of sp³-hybridized carbons (Fsp3) is 0.600. The minimum absolute atomic E-state index is 0.0310. The lowest BCUT2D eigenvalue weighted by atomic mass is 9.89. The highest BCUT2D eigenvalue weighted by Crippen LogP contribution is 2.38. The first-order valence-electron chi connectivity index (χ1n) is 8.77. The Morgan fingerprint density at radius 2 is 1.96 bits per heavy atom. The third-order valence-corrected chi connectivity index (χ3v) is 9.94. The number of rotatable bonds is 8. The van der Waals surface area contributed by atoms with Crippen molar-refractivity contribution in [2.24, 2.45) is 0 Å². The van der Waals surface area contributed by atoms with Crippen molar-refractivity contribution < 1.29 is 13.9 Å². The van der Waals surface area contributed by atoms with Crippen LogP contribution in [0.1, 0.15) is 32.8 Å². The normalized spacial score (nSPS) is 24.5. The largest absolute Gasteiger partial charge is 0.417 e. The van der Waals surface area contributed by atoms with Crippen LogP contribution in [0.15, 0.2) is 43.0 Å². The molecular weight excluding hydrogens is 316 g/mol. The van der Waals surface area contributed by atoms with Gasteiger partial charge in [-0.05, 0) is 30.1 Å². The highest BCUT2D eigenvalue weighted by atomic mass is 28.4. The van der Waals surface area contributed by atoms with Gasteiger partial charge < -0.3 is 13.9 Å². The lowest BCUT2D eigenvalue weighted by Crippen LogP contribution is -2.59. The van der Waals surface area contributed by atoms with Crippen LogP contribution in [0.2, 0.25) is 18.1 Å². The fourth-order valence-electron chi connectivity index (χ4n) is 2.51. The van der Waals surface area contributed by atoms with Gasteiger partial charge in [-0.15, -0.1) is 6.58 Å². The zero-order valence-electron chi connectivity index (χ0n) is 15.8. The van der Waals surface area contributed by atoms with E-state index in [0.29, 0.717) is 19.8 Å². The molecule has 0 aromatic heterocycles. The molecule has 0 aliphatic carbocycles. The maximum absolute atomic E-state index is 6.27. The maximum atomic E-state index is 6.27. The van der Waals surface area contributed by atoms with Crippen LogP contribution in [-0.4, -0.2) is 33.2 Å². The summed E-state index contributed by atoms with van der Waals surface area (Å²) >= 11 is 0. The minimum Gasteiger partial charge on any atom is -0.417 e. The van der Waals surface area contributed by atoms with Crippen LogP contribution >= 0.6 is 0 Å². The molecule has 1 aliphatic heterocycles. The first-order valence-corrected chi connectivity index (χ1v) is 11.7. The molecule has 0 saturated carbocycles. The van der Waals surface area contributed by atoms with E-state index in [2.05, 4.69) is 52.6 Å². The van der Waals surface area contributed by atoms with E-state index in [1.807, 2.05) is 24.3 Å². The molecule has 1 aromatic carbocycles. The molecule has 1 aliphatic rings. The third-order valence-electron chi connectivity index (χ3n) is 5.40. The quantitative estimate of drug-likeness (QED) is 0.492. The van der Waals surface area contributed by atoms with E-state index in [1.165, 1.54) is 5.56 Å².